The Morgan fingerprint density at radius 2 is 2.15 bits per heavy atom. The third-order valence-electron chi connectivity index (χ3n) is 6.92. The number of likely N-dealkylation sites (tertiary alicyclic amines) is 1. The Balaban J connectivity index is 1.52. The minimum absolute atomic E-state index is 0.0128. The Bertz CT molecular complexity index is 1060. The molecule has 3 atom stereocenters. The Kier molecular flexibility index (Phi) is 3.39. The summed E-state index contributed by atoms with van der Waals surface area (Å²) < 4.78 is 0. The predicted octanol–water partition coefficient (Wildman–Crippen LogP) is 3.63. The van der Waals surface area contributed by atoms with Gasteiger partial charge in [0.1, 0.15) is 5.75 Å². The maximum absolute atomic E-state index is 13.3. The molecule has 1 aliphatic heterocycles. The molecule has 0 unspecified atom stereocenters. The summed E-state index contributed by atoms with van der Waals surface area (Å²) in [7, 11) is 0. The molecule has 2 N–H and O–H groups in total. The number of H-pyrrole nitrogens is 1. The monoisotopic (exact) mass is 361 g/mol. The molecule has 1 aromatic heterocycles. The molecule has 2 aromatic carbocycles. The fourth-order valence-electron chi connectivity index (χ4n) is 5.09. The highest BCUT2D eigenvalue weighted by atomic mass is 16.3. The van der Waals surface area contributed by atoms with Crippen LogP contribution < -0.4 is 0 Å². The normalized spacial score (nSPS) is 26.8. The fraction of sp³-hybridized carbons (Fsp3) is 0.364. The Labute approximate surface area is 158 Å². The maximum atomic E-state index is 13.3. The van der Waals surface area contributed by atoms with Gasteiger partial charge in [-0.2, -0.15) is 0 Å². The molecule has 1 fully saturated rings. The molecule has 5 rings (SSSR count). The number of carbonyl (C=O) groups excluding carboxylic acids is 1. The second-order valence-electron chi connectivity index (χ2n) is 8.20. The number of amides is 1. The van der Waals surface area contributed by atoms with Crippen molar-refractivity contribution in [2.75, 3.05) is 6.54 Å². The SMILES string of the molecule is C[C@H]1[C@H]2Cc3ccc(O)cc3[C@]1(C)CCN2C(=O)c1ccc2nc[nH]c2c1. The summed E-state index contributed by atoms with van der Waals surface area (Å²) in [6, 6.07) is 11.5. The molecule has 1 amide bonds. The van der Waals surface area contributed by atoms with E-state index in [-0.39, 0.29) is 17.4 Å². The molecule has 27 heavy (non-hydrogen) atoms. The Morgan fingerprint density at radius 1 is 1.30 bits per heavy atom. The predicted molar refractivity (Wildman–Crippen MR) is 104 cm³/mol. The van der Waals surface area contributed by atoms with Crippen LogP contribution in [-0.2, 0) is 11.8 Å². The first-order valence-electron chi connectivity index (χ1n) is 9.54. The summed E-state index contributed by atoms with van der Waals surface area (Å²) in [4.78, 5) is 22.7. The van der Waals surface area contributed by atoms with Gasteiger partial charge in [0.15, 0.2) is 0 Å². The van der Waals surface area contributed by atoms with Crippen LogP contribution in [0.4, 0.5) is 0 Å². The molecule has 2 aliphatic rings. The van der Waals surface area contributed by atoms with Gasteiger partial charge in [0.05, 0.1) is 17.4 Å². The molecule has 5 nitrogen and oxygen atoms in total. The van der Waals surface area contributed by atoms with E-state index >= 15 is 0 Å². The molecule has 0 spiro atoms. The number of phenols is 1. The minimum Gasteiger partial charge on any atom is -0.508 e. The average molecular weight is 361 g/mol. The van der Waals surface area contributed by atoms with Gasteiger partial charge in [-0.25, -0.2) is 4.98 Å². The van der Waals surface area contributed by atoms with Crippen molar-refractivity contribution in [3.05, 3.63) is 59.4 Å². The molecule has 0 radical (unpaired) electrons. The van der Waals surface area contributed by atoms with E-state index in [0.29, 0.717) is 17.2 Å². The fourth-order valence-corrected chi connectivity index (χ4v) is 5.09. The number of rotatable bonds is 1. The van der Waals surface area contributed by atoms with Gasteiger partial charge in [-0.3, -0.25) is 4.79 Å². The number of aromatic nitrogens is 2. The molecule has 2 heterocycles. The van der Waals surface area contributed by atoms with Gasteiger partial charge in [0, 0.05) is 18.2 Å². The standard InChI is InChI=1S/C22H23N3O2/c1-13-20-10-14-3-5-16(26)11-17(14)22(13,2)7-8-25(20)21(27)15-4-6-18-19(9-15)24-12-23-18/h3-6,9,11-13,20,26H,7-8,10H2,1-2H3,(H,23,24)/t13-,20+,22+/m0/s1. The van der Waals surface area contributed by atoms with Crippen molar-refractivity contribution in [3.63, 3.8) is 0 Å². The van der Waals surface area contributed by atoms with Gasteiger partial charge >= 0.3 is 0 Å². The molecule has 0 saturated carbocycles. The summed E-state index contributed by atoms with van der Waals surface area (Å²) in [5.41, 5.74) is 4.95. The highest BCUT2D eigenvalue weighted by molar-refractivity contribution is 5.97. The van der Waals surface area contributed by atoms with Crippen molar-refractivity contribution in [1.82, 2.24) is 14.9 Å². The highest BCUT2D eigenvalue weighted by Gasteiger charge is 2.49. The number of hydrogen-bond acceptors (Lipinski definition) is 3. The highest BCUT2D eigenvalue weighted by Crippen LogP contribution is 2.49. The Morgan fingerprint density at radius 3 is 3.00 bits per heavy atom. The van der Waals surface area contributed by atoms with Crippen LogP contribution in [0.1, 0.15) is 41.8 Å². The lowest BCUT2D eigenvalue weighted by Gasteiger charge is -2.54. The number of piperidine rings is 1. The van der Waals surface area contributed by atoms with Crippen LogP contribution in [0.25, 0.3) is 11.0 Å². The number of aromatic hydroxyl groups is 1. The number of aromatic amines is 1. The van der Waals surface area contributed by atoms with E-state index in [4.69, 9.17) is 0 Å². The molecule has 3 aromatic rings. The number of imidazole rings is 1. The van der Waals surface area contributed by atoms with E-state index in [2.05, 4.69) is 28.7 Å². The third kappa shape index (κ3) is 2.30. The molecular weight excluding hydrogens is 338 g/mol. The van der Waals surface area contributed by atoms with Crippen LogP contribution in [0.2, 0.25) is 0 Å². The number of benzene rings is 2. The van der Waals surface area contributed by atoms with E-state index in [1.165, 1.54) is 11.1 Å². The number of hydrogen-bond donors (Lipinski definition) is 2. The number of nitrogens with one attached hydrogen (secondary N) is 1. The van der Waals surface area contributed by atoms with Crippen LogP contribution in [-0.4, -0.2) is 38.5 Å². The number of nitrogens with zero attached hydrogens (tertiary/aromatic N) is 2. The minimum atomic E-state index is -0.0128. The second kappa shape index (κ2) is 5.59. The van der Waals surface area contributed by atoms with Crippen LogP contribution in [0.3, 0.4) is 0 Å². The Hall–Kier alpha value is -2.82. The molecule has 1 aliphatic carbocycles. The first-order chi connectivity index (χ1) is 13.0. The zero-order chi connectivity index (χ0) is 18.8. The zero-order valence-electron chi connectivity index (χ0n) is 15.6. The lowest BCUT2D eigenvalue weighted by Crippen LogP contribution is -2.59. The lowest BCUT2D eigenvalue weighted by molar-refractivity contribution is 0.0250. The van der Waals surface area contributed by atoms with Crippen molar-refractivity contribution in [1.29, 1.82) is 0 Å². The lowest BCUT2D eigenvalue weighted by atomic mass is 9.59. The molecule has 2 bridgehead atoms. The van der Waals surface area contributed by atoms with Crippen molar-refractivity contribution >= 4 is 16.9 Å². The van der Waals surface area contributed by atoms with E-state index in [1.807, 2.05) is 30.3 Å². The maximum Gasteiger partial charge on any atom is 0.254 e. The number of phenolic OH excluding ortho intramolecular Hbond substituents is 1. The van der Waals surface area contributed by atoms with Gasteiger partial charge in [-0.05, 0) is 65.6 Å². The van der Waals surface area contributed by atoms with Crippen LogP contribution >= 0.6 is 0 Å². The molecular formula is C22H23N3O2. The van der Waals surface area contributed by atoms with Gasteiger partial charge in [0.2, 0.25) is 0 Å². The second-order valence-corrected chi connectivity index (χ2v) is 8.20. The molecule has 5 heteroatoms. The third-order valence-corrected chi connectivity index (χ3v) is 6.92. The summed E-state index contributed by atoms with van der Waals surface area (Å²) >= 11 is 0. The van der Waals surface area contributed by atoms with Crippen LogP contribution in [0.15, 0.2) is 42.7 Å². The van der Waals surface area contributed by atoms with Crippen molar-refractivity contribution in [2.45, 2.75) is 38.1 Å². The van der Waals surface area contributed by atoms with E-state index in [0.717, 1.165) is 30.4 Å². The number of fused-ring (bicyclic) bond motifs is 5. The largest absolute Gasteiger partial charge is 0.508 e. The van der Waals surface area contributed by atoms with E-state index in [9.17, 15) is 9.90 Å². The van der Waals surface area contributed by atoms with Gasteiger partial charge in [0.25, 0.3) is 5.91 Å². The van der Waals surface area contributed by atoms with Crippen molar-refractivity contribution in [3.8, 4) is 5.75 Å². The summed E-state index contributed by atoms with van der Waals surface area (Å²) in [6.07, 6.45) is 3.39. The quantitative estimate of drug-likeness (QED) is 0.695. The number of carbonyl (C=O) groups is 1. The summed E-state index contributed by atoms with van der Waals surface area (Å²) in [5.74, 6) is 0.750. The van der Waals surface area contributed by atoms with E-state index < -0.39 is 0 Å². The van der Waals surface area contributed by atoms with Gasteiger partial charge in [-0.15, -0.1) is 0 Å². The van der Waals surface area contributed by atoms with Gasteiger partial charge in [-0.1, -0.05) is 19.9 Å². The summed E-state index contributed by atoms with van der Waals surface area (Å²) in [5, 5.41) is 9.97. The van der Waals surface area contributed by atoms with Crippen molar-refractivity contribution < 1.29 is 9.90 Å². The smallest absolute Gasteiger partial charge is 0.254 e. The first kappa shape index (κ1) is 16.4. The molecule has 138 valence electrons. The summed E-state index contributed by atoms with van der Waals surface area (Å²) in [6.45, 7) is 5.26. The molecule has 1 saturated heterocycles. The topological polar surface area (TPSA) is 69.2 Å². The van der Waals surface area contributed by atoms with Gasteiger partial charge < -0.3 is 15.0 Å². The van der Waals surface area contributed by atoms with Crippen molar-refractivity contribution in [2.24, 2.45) is 5.92 Å². The van der Waals surface area contributed by atoms with Crippen LogP contribution in [0, 0.1) is 5.92 Å². The first-order valence-corrected chi connectivity index (χ1v) is 9.54. The van der Waals surface area contributed by atoms with Crippen LogP contribution in [0.5, 0.6) is 5.75 Å². The average Bonchev–Trinajstić information content (AvgIpc) is 3.13. The van der Waals surface area contributed by atoms with E-state index in [1.54, 1.807) is 12.4 Å². The zero-order valence-corrected chi connectivity index (χ0v) is 15.6.